The average molecular weight is 337 g/mol. The highest BCUT2D eigenvalue weighted by atomic mass is 32.2. The van der Waals surface area contributed by atoms with Crippen LogP contribution in [0.25, 0.3) is 6.08 Å². The third-order valence-corrected chi connectivity index (χ3v) is 4.36. The minimum Gasteiger partial charge on any atom is -0.502 e. The van der Waals surface area contributed by atoms with Crippen molar-refractivity contribution in [3.05, 3.63) is 35.3 Å². The molecule has 1 heterocycles. The quantitative estimate of drug-likeness (QED) is 0.506. The van der Waals surface area contributed by atoms with Gasteiger partial charge in [0.2, 0.25) is 5.75 Å². The van der Waals surface area contributed by atoms with Crippen molar-refractivity contribution >= 4 is 40.3 Å². The molecule has 1 aliphatic heterocycles. The summed E-state index contributed by atoms with van der Waals surface area (Å²) < 4.78 is 10.7. The van der Waals surface area contributed by atoms with E-state index in [2.05, 4.69) is 6.58 Å². The van der Waals surface area contributed by atoms with Gasteiger partial charge < -0.3 is 14.6 Å². The van der Waals surface area contributed by atoms with Gasteiger partial charge in [-0.3, -0.25) is 9.69 Å². The van der Waals surface area contributed by atoms with Crippen molar-refractivity contribution in [2.24, 2.45) is 0 Å². The van der Waals surface area contributed by atoms with Crippen LogP contribution in [0, 0.1) is 0 Å². The first kappa shape index (κ1) is 16.4. The van der Waals surface area contributed by atoms with Gasteiger partial charge in [0.1, 0.15) is 4.32 Å². The Morgan fingerprint density at radius 3 is 2.45 bits per heavy atom. The molecular formula is C15H15NO4S2. The number of ether oxygens (including phenoxy) is 2. The Labute approximate surface area is 138 Å². The number of carbonyl (C=O) groups is 1. The molecule has 1 aromatic rings. The highest BCUT2D eigenvalue weighted by molar-refractivity contribution is 8.26. The lowest BCUT2D eigenvalue weighted by Gasteiger charge is -2.11. The van der Waals surface area contributed by atoms with Crippen molar-refractivity contribution in [3.63, 3.8) is 0 Å². The number of aromatic hydroxyl groups is 1. The molecule has 0 atom stereocenters. The molecule has 5 nitrogen and oxygen atoms in total. The molecule has 0 saturated carbocycles. The number of phenolic OH excluding ortho intramolecular Hbond substituents is 1. The number of thioether (sulfide) groups is 1. The van der Waals surface area contributed by atoms with Crippen LogP contribution in [0.15, 0.2) is 29.7 Å². The molecule has 0 bridgehead atoms. The van der Waals surface area contributed by atoms with Crippen molar-refractivity contribution in [3.8, 4) is 17.2 Å². The summed E-state index contributed by atoms with van der Waals surface area (Å²) in [5.41, 5.74) is 0.672. The summed E-state index contributed by atoms with van der Waals surface area (Å²) in [6.45, 7) is 3.99. The van der Waals surface area contributed by atoms with Gasteiger partial charge in [-0.15, -0.1) is 6.58 Å². The zero-order valence-electron chi connectivity index (χ0n) is 12.2. The monoisotopic (exact) mass is 337 g/mol. The second-order valence-corrected chi connectivity index (χ2v) is 6.03. The normalized spacial score (nSPS) is 16.3. The molecule has 0 unspecified atom stereocenters. The minimum absolute atomic E-state index is 0.0821. The smallest absolute Gasteiger partial charge is 0.266 e. The van der Waals surface area contributed by atoms with Crippen molar-refractivity contribution < 1.29 is 19.4 Å². The van der Waals surface area contributed by atoms with Gasteiger partial charge in [-0.05, 0) is 23.8 Å². The summed E-state index contributed by atoms with van der Waals surface area (Å²) in [6, 6.07) is 3.25. The van der Waals surface area contributed by atoms with E-state index in [-0.39, 0.29) is 23.2 Å². The van der Waals surface area contributed by atoms with Gasteiger partial charge in [-0.25, -0.2) is 0 Å². The van der Waals surface area contributed by atoms with Crippen LogP contribution in [0.4, 0.5) is 0 Å². The maximum Gasteiger partial charge on any atom is 0.266 e. The van der Waals surface area contributed by atoms with Gasteiger partial charge in [0.05, 0.1) is 19.1 Å². The van der Waals surface area contributed by atoms with Crippen molar-refractivity contribution in [2.75, 3.05) is 20.8 Å². The Balaban J connectivity index is 2.39. The topological polar surface area (TPSA) is 59.0 Å². The molecule has 2 rings (SSSR count). The molecule has 0 spiro atoms. The third kappa shape index (κ3) is 3.10. The van der Waals surface area contributed by atoms with E-state index in [0.717, 1.165) is 0 Å². The number of benzene rings is 1. The number of hydrogen-bond donors (Lipinski definition) is 1. The predicted molar refractivity (Wildman–Crippen MR) is 91.3 cm³/mol. The summed E-state index contributed by atoms with van der Waals surface area (Å²) in [6.07, 6.45) is 3.31. The van der Waals surface area contributed by atoms with Gasteiger partial charge >= 0.3 is 0 Å². The molecule has 22 heavy (non-hydrogen) atoms. The van der Waals surface area contributed by atoms with Crippen LogP contribution in [0.1, 0.15) is 5.56 Å². The minimum atomic E-state index is -0.166. The Morgan fingerprint density at radius 2 is 1.95 bits per heavy atom. The summed E-state index contributed by atoms with van der Waals surface area (Å²) in [5.74, 6) is 0.293. The van der Waals surface area contributed by atoms with E-state index in [1.165, 1.54) is 30.9 Å². The summed E-state index contributed by atoms with van der Waals surface area (Å²) in [7, 11) is 2.89. The largest absolute Gasteiger partial charge is 0.502 e. The summed E-state index contributed by atoms with van der Waals surface area (Å²) >= 11 is 6.41. The molecular weight excluding hydrogens is 322 g/mol. The standard InChI is InChI=1S/C15H15NO4S2/c1-4-5-16-14(18)12(22-15(16)21)8-9-6-10(19-2)13(17)11(7-9)20-3/h4,6-8,17H,1,5H2,2-3H3/b12-8-. The second kappa shape index (κ2) is 6.85. The lowest BCUT2D eigenvalue weighted by atomic mass is 10.1. The van der Waals surface area contributed by atoms with Crippen LogP contribution in [-0.4, -0.2) is 41.0 Å². The molecule has 1 amide bonds. The molecule has 0 radical (unpaired) electrons. The van der Waals surface area contributed by atoms with Crippen LogP contribution in [0.5, 0.6) is 17.2 Å². The van der Waals surface area contributed by atoms with Crippen molar-refractivity contribution in [2.45, 2.75) is 0 Å². The van der Waals surface area contributed by atoms with E-state index in [4.69, 9.17) is 21.7 Å². The number of methoxy groups -OCH3 is 2. The highest BCUT2D eigenvalue weighted by Crippen LogP contribution is 2.39. The Bertz CT molecular complexity index is 645. The zero-order chi connectivity index (χ0) is 16.3. The average Bonchev–Trinajstić information content (AvgIpc) is 2.76. The molecule has 1 aromatic carbocycles. The molecule has 0 aromatic heterocycles. The highest BCUT2D eigenvalue weighted by Gasteiger charge is 2.31. The van der Waals surface area contributed by atoms with E-state index in [1.807, 2.05) is 0 Å². The summed E-state index contributed by atoms with van der Waals surface area (Å²) in [5, 5.41) is 9.90. The van der Waals surface area contributed by atoms with Crippen LogP contribution >= 0.6 is 24.0 Å². The fourth-order valence-electron chi connectivity index (χ4n) is 1.93. The van der Waals surface area contributed by atoms with Crippen LogP contribution in [0.2, 0.25) is 0 Å². The molecule has 0 aliphatic carbocycles. The maximum absolute atomic E-state index is 12.3. The van der Waals surface area contributed by atoms with Crippen LogP contribution in [-0.2, 0) is 4.79 Å². The van der Waals surface area contributed by atoms with Crippen LogP contribution < -0.4 is 9.47 Å². The Kier molecular flexibility index (Phi) is 5.10. The van der Waals surface area contributed by atoms with Crippen molar-refractivity contribution in [1.29, 1.82) is 0 Å². The first-order valence-corrected chi connectivity index (χ1v) is 7.55. The fraction of sp³-hybridized carbons (Fsp3) is 0.200. The number of amides is 1. The fourth-order valence-corrected chi connectivity index (χ4v) is 3.21. The van der Waals surface area contributed by atoms with Crippen molar-refractivity contribution in [1.82, 2.24) is 4.90 Å². The van der Waals surface area contributed by atoms with E-state index >= 15 is 0 Å². The summed E-state index contributed by atoms with van der Waals surface area (Å²) in [4.78, 5) is 14.3. The first-order valence-electron chi connectivity index (χ1n) is 6.33. The van der Waals surface area contributed by atoms with Gasteiger partial charge in [0.25, 0.3) is 5.91 Å². The Hall–Kier alpha value is -1.99. The second-order valence-electron chi connectivity index (χ2n) is 4.36. The number of nitrogens with zero attached hydrogens (tertiary/aromatic N) is 1. The van der Waals surface area contributed by atoms with E-state index in [9.17, 15) is 9.90 Å². The van der Waals surface area contributed by atoms with Gasteiger partial charge in [0.15, 0.2) is 11.5 Å². The van der Waals surface area contributed by atoms with E-state index < -0.39 is 0 Å². The van der Waals surface area contributed by atoms with E-state index in [1.54, 1.807) is 24.3 Å². The van der Waals surface area contributed by atoms with Crippen LogP contribution in [0.3, 0.4) is 0 Å². The molecule has 7 heteroatoms. The molecule has 1 fully saturated rings. The molecule has 116 valence electrons. The van der Waals surface area contributed by atoms with Gasteiger partial charge in [-0.1, -0.05) is 30.1 Å². The van der Waals surface area contributed by atoms with Gasteiger partial charge in [0, 0.05) is 6.54 Å². The number of thiocarbonyl (C=S) groups is 1. The lowest BCUT2D eigenvalue weighted by Crippen LogP contribution is -2.27. The van der Waals surface area contributed by atoms with E-state index in [0.29, 0.717) is 21.3 Å². The molecule has 1 N–H and O–H groups in total. The van der Waals surface area contributed by atoms with Gasteiger partial charge in [-0.2, -0.15) is 0 Å². The number of phenols is 1. The predicted octanol–water partition coefficient (Wildman–Crippen LogP) is 2.80. The SMILES string of the molecule is C=CCN1C(=O)/C(=C/c2cc(OC)c(O)c(OC)c2)SC1=S. The number of carbonyl (C=O) groups excluding carboxylic acids is 1. The lowest BCUT2D eigenvalue weighted by molar-refractivity contribution is -0.121. The number of rotatable bonds is 5. The molecule has 1 saturated heterocycles. The zero-order valence-corrected chi connectivity index (χ0v) is 13.8. The first-order chi connectivity index (χ1) is 10.5. The third-order valence-electron chi connectivity index (χ3n) is 2.99. The number of hydrogen-bond acceptors (Lipinski definition) is 6. The Morgan fingerprint density at radius 1 is 1.36 bits per heavy atom. The molecule has 1 aliphatic rings. The maximum atomic E-state index is 12.3.